The number of hydrogen-bond donors (Lipinski definition) is 1. The third-order valence-corrected chi connectivity index (χ3v) is 1.83. The summed E-state index contributed by atoms with van der Waals surface area (Å²) in [6, 6.07) is 0. The lowest BCUT2D eigenvalue weighted by atomic mass is 10.2. The molecule has 0 fully saturated rings. The van der Waals surface area contributed by atoms with Crippen LogP contribution in [-0.2, 0) is 14.3 Å². The second-order valence-corrected chi connectivity index (χ2v) is 4.79. The quantitative estimate of drug-likeness (QED) is 0.560. The minimum absolute atomic E-state index is 0.0840. The summed E-state index contributed by atoms with van der Waals surface area (Å²) in [4.78, 5) is 22.6. The van der Waals surface area contributed by atoms with Gasteiger partial charge in [-0.15, -0.1) is 0 Å². The zero-order chi connectivity index (χ0) is 12.6. The molecule has 0 radical (unpaired) electrons. The fourth-order valence-electron chi connectivity index (χ4n) is 1.10. The first-order valence-electron chi connectivity index (χ1n) is 5.83. The van der Waals surface area contributed by atoms with Crippen molar-refractivity contribution in [1.82, 2.24) is 5.32 Å². The Morgan fingerprint density at radius 3 is 2.31 bits per heavy atom. The van der Waals surface area contributed by atoms with Crippen molar-refractivity contribution < 1.29 is 14.3 Å². The smallest absolute Gasteiger partial charge is 0.306 e. The topological polar surface area (TPSA) is 55.4 Å². The second-order valence-electron chi connectivity index (χ2n) is 4.79. The van der Waals surface area contributed by atoms with Crippen LogP contribution in [0.25, 0.3) is 0 Å². The van der Waals surface area contributed by atoms with Gasteiger partial charge in [-0.1, -0.05) is 13.3 Å². The van der Waals surface area contributed by atoms with Crippen LogP contribution in [0.1, 0.15) is 53.4 Å². The van der Waals surface area contributed by atoms with E-state index < -0.39 is 5.60 Å². The average Bonchev–Trinajstić information content (AvgIpc) is 2.12. The number of rotatable bonds is 6. The second kappa shape index (κ2) is 7.25. The number of esters is 1. The van der Waals surface area contributed by atoms with Gasteiger partial charge in [-0.2, -0.15) is 0 Å². The highest BCUT2D eigenvalue weighted by atomic mass is 16.6. The Morgan fingerprint density at radius 1 is 1.19 bits per heavy atom. The minimum Gasteiger partial charge on any atom is -0.460 e. The maximum absolute atomic E-state index is 11.3. The normalized spacial score (nSPS) is 11.0. The van der Waals surface area contributed by atoms with Crippen molar-refractivity contribution in [2.45, 2.75) is 59.0 Å². The van der Waals surface area contributed by atoms with Crippen molar-refractivity contribution in [3.8, 4) is 0 Å². The van der Waals surface area contributed by atoms with Gasteiger partial charge in [0.05, 0.1) is 6.42 Å². The van der Waals surface area contributed by atoms with Gasteiger partial charge in [0.25, 0.3) is 0 Å². The number of amides is 1. The van der Waals surface area contributed by atoms with Crippen molar-refractivity contribution in [2.75, 3.05) is 6.54 Å². The predicted octanol–water partition coefficient (Wildman–Crippen LogP) is 2.02. The van der Waals surface area contributed by atoms with Gasteiger partial charge in [-0.25, -0.2) is 0 Å². The van der Waals surface area contributed by atoms with Crippen LogP contribution in [0, 0.1) is 0 Å². The number of nitrogens with one attached hydrogen (secondary N) is 1. The van der Waals surface area contributed by atoms with E-state index in [2.05, 4.69) is 12.2 Å². The molecule has 1 amide bonds. The third kappa shape index (κ3) is 9.49. The molecule has 0 aliphatic carbocycles. The average molecular weight is 229 g/mol. The lowest BCUT2D eigenvalue weighted by Gasteiger charge is -2.19. The molecule has 0 heterocycles. The van der Waals surface area contributed by atoms with E-state index in [0.29, 0.717) is 6.54 Å². The van der Waals surface area contributed by atoms with Crippen LogP contribution in [0.2, 0.25) is 0 Å². The Hall–Kier alpha value is -1.06. The molecule has 0 spiro atoms. The molecule has 1 N–H and O–H groups in total. The van der Waals surface area contributed by atoms with E-state index in [4.69, 9.17) is 4.74 Å². The molecule has 16 heavy (non-hydrogen) atoms. The molecule has 0 atom stereocenters. The number of hydrogen-bond acceptors (Lipinski definition) is 3. The number of unbranched alkanes of at least 4 members (excludes halogenated alkanes) is 1. The molecule has 0 unspecified atom stereocenters. The van der Waals surface area contributed by atoms with Crippen LogP contribution in [0.5, 0.6) is 0 Å². The fourth-order valence-corrected chi connectivity index (χ4v) is 1.10. The molecule has 4 nitrogen and oxygen atoms in total. The molecule has 4 heteroatoms. The van der Waals surface area contributed by atoms with Gasteiger partial charge in [-0.3, -0.25) is 9.59 Å². The molecule has 0 saturated carbocycles. The molecule has 0 aliphatic heterocycles. The Kier molecular flexibility index (Phi) is 6.77. The Morgan fingerprint density at radius 2 is 1.81 bits per heavy atom. The molecule has 94 valence electrons. The monoisotopic (exact) mass is 229 g/mol. The summed E-state index contributed by atoms with van der Waals surface area (Å²) >= 11 is 0. The van der Waals surface area contributed by atoms with Gasteiger partial charge < -0.3 is 10.1 Å². The van der Waals surface area contributed by atoms with E-state index in [1.807, 2.05) is 20.8 Å². The Balaban J connectivity index is 3.63. The molecule has 0 aromatic heterocycles. The largest absolute Gasteiger partial charge is 0.460 e. The molecular formula is C12H23NO3. The van der Waals surface area contributed by atoms with Gasteiger partial charge in [0.2, 0.25) is 5.91 Å². The molecule has 0 aliphatic rings. The summed E-state index contributed by atoms with van der Waals surface area (Å²) < 4.78 is 5.09. The summed E-state index contributed by atoms with van der Waals surface area (Å²) in [5, 5.41) is 2.76. The number of carbonyl (C=O) groups is 2. The van der Waals surface area contributed by atoms with Crippen molar-refractivity contribution in [3.05, 3.63) is 0 Å². The summed E-state index contributed by atoms with van der Waals surface area (Å²) in [7, 11) is 0. The fraction of sp³-hybridized carbons (Fsp3) is 0.833. The van der Waals surface area contributed by atoms with E-state index in [1.54, 1.807) is 0 Å². The van der Waals surface area contributed by atoms with E-state index in [9.17, 15) is 9.59 Å². The SMILES string of the molecule is CCCCNC(=O)CCC(=O)OC(C)(C)C. The first kappa shape index (κ1) is 14.9. The van der Waals surface area contributed by atoms with Gasteiger partial charge >= 0.3 is 5.97 Å². The Labute approximate surface area is 97.7 Å². The predicted molar refractivity (Wildman–Crippen MR) is 63.0 cm³/mol. The minimum atomic E-state index is -0.476. The van der Waals surface area contributed by atoms with Crippen molar-refractivity contribution >= 4 is 11.9 Å². The van der Waals surface area contributed by atoms with Crippen molar-refractivity contribution in [3.63, 3.8) is 0 Å². The highest BCUT2D eigenvalue weighted by molar-refractivity contribution is 5.81. The molecule has 0 aromatic carbocycles. The first-order chi connectivity index (χ1) is 7.35. The van der Waals surface area contributed by atoms with Crippen LogP contribution in [0.4, 0.5) is 0 Å². The molecule has 0 saturated heterocycles. The van der Waals surface area contributed by atoms with Gasteiger partial charge in [0, 0.05) is 13.0 Å². The van der Waals surface area contributed by atoms with Crippen LogP contribution < -0.4 is 5.32 Å². The van der Waals surface area contributed by atoms with E-state index >= 15 is 0 Å². The highest BCUT2D eigenvalue weighted by Crippen LogP contribution is 2.08. The molecular weight excluding hydrogens is 206 g/mol. The number of carbonyl (C=O) groups excluding carboxylic acids is 2. The Bertz CT molecular complexity index is 231. The van der Waals surface area contributed by atoms with Crippen molar-refractivity contribution in [1.29, 1.82) is 0 Å². The highest BCUT2D eigenvalue weighted by Gasteiger charge is 2.16. The van der Waals surface area contributed by atoms with Crippen LogP contribution in [0.15, 0.2) is 0 Å². The molecule has 0 aromatic rings. The zero-order valence-electron chi connectivity index (χ0n) is 10.8. The van der Waals surface area contributed by atoms with Crippen LogP contribution in [-0.4, -0.2) is 24.0 Å². The summed E-state index contributed by atoms with van der Waals surface area (Å²) in [6.45, 7) is 8.18. The first-order valence-corrected chi connectivity index (χ1v) is 5.83. The van der Waals surface area contributed by atoms with Gasteiger partial charge in [-0.05, 0) is 27.2 Å². The lowest BCUT2D eigenvalue weighted by molar-refractivity contribution is -0.155. The molecule has 0 rings (SSSR count). The zero-order valence-corrected chi connectivity index (χ0v) is 10.8. The lowest BCUT2D eigenvalue weighted by Crippen LogP contribution is -2.27. The maximum atomic E-state index is 11.3. The van der Waals surface area contributed by atoms with E-state index in [-0.39, 0.29) is 24.7 Å². The number of ether oxygens (including phenoxy) is 1. The summed E-state index contributed by atoms with van der Waals surface area (Å²) in [5.41, 5.74) is -0.476. The van der Waals surface area contributed by atoms with Crippen molar-refractivity contribution in [2.24, 2.45) is 0 Å². The summed E-state index contributed by atoms with van der Waals surface area (Å²) in [6.07, 6.45) is 2.37. The van der Waals surface area contributed by atoms with E-state index in [1.165, 1.54) is 0 Å². The van der Waals surface area contributed by atoms with Crippen LogP contribution in [0.3, 0.4) is 0 Å². The summed E-state index contributed by atoms with van der Waals surface area (Å²) in [5.74, 6) is -0.405. The van der Waals surface area contributed by atoms with Gasteiger partial charge in [0.15, 0.2) is 0 Å². The standard InChI is InChI=1S/C12H23NO3/c1-5-6-9-13-10(14)7-8-11(15)16-12(2,3)4/h5-9H2,1-4H3,(H,13,14). The molecule has 0 bridgehead atoms. The van der Waals surface area contributed by atoms with E-state index in [0.717, 1.165) is 12.8 Å². The van der Waals surface area contributed by atoms with Gasteiger partial charge in [0.1, 0.15) is 5.60 Å². The van der Waals surface area contributed by atoms with Crippen LogP contribution >= 0.6 is 0 Å². The third-order valence-electron chi connectivity index (χ3n) is 1.83. The maximum Gasteiger partial charge on any atom is 0.306 e.